The number of carbonyl (C=O) groups is 1. The molecule has 0 saturated carbocycles. The van der Waals surface area contributed by atoms with Crippen LogP contribution in [0.3, 0.4) is 0 Å². The number of rotatable bonds is 5. The molecule has 26 heavy (non-hydrogen) atoms. The molecule has 3 rings (SSSR count). The van der Waals surface area contributed by atoms with Crippen LogP contribution in [0.1, 0.15) is 13.8 Å². The van der Waals surface area contributed by atoms with Gasteiger partial charge in [-0.3, -0.25) is 4.79 Å². The third kappa shape index (κ3) is 4.11. The van der Waals surface area contributed by atoms with Crippen LogP contribution in [-0.4, -0.2) is 64.8 Å². The molecule has 8 nitrogen and oxygen atoms in total. The van der Waals surface area contributed by atoms with E-state index in [1.54, 1.807) is 11.0 Å². The van der Waals surface area contributed by atoms with Crippen LogP contribution in [0.15, 0.2) is 23.1 Å². The van der Waals surface area contributed by atoms with Crippen molar-refractivity contribution in [1.82, 2.24) is 9.62 Å². The molecule has 1 atom stereocenters. The van der Waals surface area contributed by atoms with E-state index in [-0.39, 0.29) is 16.7 Å². The van der Waals surface area contributed by atoms with Crippen LogP contribution < -0.4 is 14.2 Å². The molecule has 1 fully saturated rings. The maximum absolute atomic E-state index is 12.8. The first-order valence-corrected chi connectivity index (χ1v) is 10.2. The van der Waals surface area contributed by atoms with Gasteiger partial charge in [0, 0.05) is 19.2 Å². The first-order chi connectivity index (χ1) is 12.4. The molecule has 1 N–H and O–H groups in total. The van der Waals surface area contributed by atoms with Gasteiger partial charge in [-0.2, -0.15) is 4.72 Å². The fourth-order valence-corrected chi connectivity index (χ4v) is 4.23. The zero-order valence-electron chi connectivity index (χ0n) is 14.9. The predicted octanol–water partition coefficient (Wildman–Crippen LogP) is 0.620. The number of sulfonamides is 1. The first-order valence-electron chi connectivity index (χ1n) is 8.67. The van der Waals surface area contributed by atoms with E-state index in [1.807, 2.05) is 13.8 Å². The van der Waals surface area contributed by atoms with Gasteiger partial charge in [-0.25, -0.2) is 8.42 Å². The number of carbonyl (C=O) groups excluding carboxylic acids is 1. The summed E-state index contributed by atoms with van der Waals surface area (Å²) in [4.78, 5) is 14.5. The second-order valence-corrected chi connectivity index (χ2v) is 8.30. The summed E-state index contributed by atoms with van der Waals surface area (Å²) in [5, 5.41) is 0. The van der Waals surface area contributed by atoms with Crippen molar-refractivity contribution < 1.29 is 27.4 Å². The Balaban J connectivity index is 1.80. The average Bonchev–Trinajstić information content (AvgIpc) is 2.65. The van der Waals surface area contributed by atoms with Crippen molar-refractivity contribution in [2.45, 2.75) is 24.8 Å². The van der Waals surface area contributed by atoms with Crippen molar-refractivity contribution in [3.63, 3.8) is 0 Å². The van der Waals surface area contributed by atoms with Gasteiger partial charge in [0.1, 0.15) is 19.3 Å². The Bertz CT molecular complexity index is 759. The first kappa shape index (κ1) is 18.9. The van der Waals surface area contributed by atoms with Crippen molar-refractivity contribution in [2.24, 2.45) is 5.92 Å². The SMILES string of the molecule is CC(C)[C@@H](NS(=O)(=O)c1ccc2c(c1)OCCO2)C(=O)N1CCOCC1. The summed E-state index contributed by atoms with van der Waals surface area (Å²) in [5.41, 5.74) is 0. The lowest BCUT2D eigenvalue weighted by atomic mass is 10.0. The third-order valence-corrected chi connectivity index (χ3v) is 5.80. The molecule has 1 aromatic carbocycles. The fourth-order valence-electron chi connectivity index (χ4n) is 2.88. The maximum Gasteiger partial charge on any atom is 0.241 e. The fraction of sp³-hybridized carbons (Fsp3) is 0.588. The molecule has 2 aliphatic rings. The van der Waals surface area contributed by atoms with Gasteiger partial charge in [-0.15, -0.1) is 0 Å². The molecule has 0 bridgehead atoms. The molecule has 144 valence electrons. The predicted molar refractivity (Wildman–Crippen MR) is 93.8 cm³/mol. The zero-order chi connectivity index (χ0) is 18.7. The minimum Gasteiger partial charge on any atom is -0.486 e. The summed E-state index contributed by atoms with van der Waals surface area (Å²) in [7, 11) is -3.89. The molecular formula is C17H24N2O6S. The topological polar surface area (TPSA) is 94.2 Å². The number of nitrogens with zero attached hydrogens (tertiary/aromatic N) is 1. The Kier molecular flexibility index (Phi) is 5.69. The molecular weight excluding hydrogens is 360 g/mol. The Morgan fingerprint density at radius 1 is 1.08 bits per heavy atom. The number of morpholine rings is 1. The third-order valence-electron chi connectivity index (χ3n) is 4.36. The van der Waals surface area contributed by atoms with Crippen LogP contribution in [0, 0.1) is 5.92 Å². The molecule has 0 spiro atoms. The Morgan fingerprint density at radius 3 is 2.38 bits per heavy atom. The standard InChI is InChI=1S/C17H24N2O6S/c1-12(2)16(17(20)19-5-7-23-8-6-19)18-26(21,22)13-3-4-14-15(11-13)25-10-9-24-14/h3-4,11-12,16,18H,5-10H2,1-2H3/t16-/m1/s1. The highest BCUT2D eigenvalue weighted by Gasteiger charge is 2.32. The van der Waals surface area contributed by atoms with Gasteiger partial charge in [0.15, 0.2) is 11.5 Å². The van der Waals surface area contributed by atoms with Crippen LogP contribution in [-0.2, 0) is 19.6 Å². The Hall–Kier alpha value is -1.84. The summed E-state index contributed by atoms with van der Waals surface area (Å²) in [6.45, 7) is 6.29. The Morgan fingerprint density at radius 2 is 1.73 bits per heavy atom. The minimum absolute atomic E-state index is 0.0437. The van der Waals surface area contributed by atoms with E-state index in [0.29, 0.717) is 51.0 Å². The molecule has 9 heteroatoms. The van der Waals surface area contributed by atoms with Crippen molar-refractivity contribution in [2.75, 3.05) is 39.5 Å². The minimum atomic E-state index is -3.89. The number of fused-ring (bicyclic) bond motifs is 1. The lowest BCUT2D eigenvalue weighted by Crippen LogP contribution is -2.53. The van der Waals surface area contributed by atoms with Gasteiger partial charge in [0.05, 0.1) is 18.1 Å². The molecule has 0 unspecified atom stereocenters. The second-order valence-electron chi connectivity index (χ2n) is 6.59. The van der Waals surface area contributed by atoms with Crippen LogP contribution in [0.4, 0.5) is 0 Å². The van der Waals surface area contributed by atoms with E-state index < -0.39 is 16.1 Å². The number of nitrogens with one attached hydrogen (secondary N) is 1. The summed E-state index contributed by atoms with van der Waals surface area (Å²) in [5.74, 6) is 0.474. The van der Waals surface area contributed by atoms with Crippen LogP contribution in [0.2, 0.25) is 0 Å². The van der Waals surface area contributed by atoms with Crippen molar-refractivity contribution in [1.29, 1.82) is 0 Å². The average molecular weight is 384 g/mol. The molecule has 0 radical (unpaired) electrons. The summed E-state index contributed by atoms with van der Waals surface area (Å²) >= 11 is 0. The Labute approximate surface area is 153 Å². The van der Waals surface area contributed by atoms with E-state index in [9.17, 15) is 13.2 Å². The van der Waals surface area contributed by atoms with Gasteiger partial charge >= 0.3 is 0 Å². The summed E-state index contributed by atoms with van der Waals surface area (Å²) < 4.78 is 44.3. The molecule has 1 saturated heterocycles. The van der Waals surface area contributed by atoms with Crippen LogP contribution in [0.25, 0.3) is 0 Å². The van der Waals surface area contributed by atoms with Crippen LogP contribution >= 0.6 is 0 Å². The monoisotopic (exact) mass is 384 g/mol. The van der Waals surface area contributed by atoms with Gasteiger partial charge in [-0.1, -0.05) is 13.8 Å². The zero-order valence-corrected chi connectivity index (χ0v) is 15.8. The number of hydrogen-bond donors (Lipinski definition) is 1. The molecule has 1 amide bonds. The molecule has 2 heterocycles. The van der Waals surface area contributed by atoms with Gasteiger partial charge in [0.2, 0.25) is 15.9 Å². The number of benzene rings is 1. The largest absolute Gasteiger partial charge is 0.486 e. The smallest absolute Gasteiger partial charge is 0.241 e. The quantitative estimate of drug-likeness (QED) is 0.800. The van der Waals surface area contributed by atoms with E-state index in [4.69, 9.17) is 14.2 Å². The molecule has 0 aromatic heterocycles. The van der Waals surface area contributed by atoms with E-state index in [1.165, 1.54) is 12.1 Å². The van der Waals surface area contributed by atoms with Crippen molar-refractivity contribution in [3.8, 4) is 11.5 Å². The van der Waals surface area contributed by atoms with Gasteiger partial charge < -0.3 is 19.1 Å². The van der Waals surface area contributed by atoms with E-state index >= 15 is 0 Å². The number of amides is 1. The van der Waals surface area contributed by atoms with Crippen molar-refractivity contribution >= 4 is 15.9 Å². The normalized spacial score (nSPS) is 18.7. The maximum atomic E-state index is 12.8. The summed E-state index contributed by atoms with van der Waals surface area (Å²) in [6.07, 6.45) is 0. The van der Waals surface area contributed by atoms with E-state index in [2.05, 4.69) is 4.72 Å². The van der Waals surface area contributed by atoms with Gasteiger partial charge in [0.25, 0.3) is 0 Å². The highest BCUT2D eigenvalue weighted by Crippen LogP contribution is 2.32. The molecule has 0 aliphatic carbocycles. The lowest BCUT2D eigenvalue weighted by molar-refractivity contribution is -0.138. The molecule has 2 aliphatic heterocycles. The van der Waals surface area contributed by atoms with Crippen molar-refractivity contribution in [3.05, 3.63) is 18.2 Å². The highest BCUT2D eigenvalue weighted by atomic mass is 32.2. The summed E-state index contributed by atoms with van der Waals surface area (Å²) in [6, 6.07) is 3.60. The number of ether oxygens (including phenoxy) is 3. The second kappa shape index (κ2) is 7.81. The van der Waals surface area contributed by atoms with Crippen LogP contribution in [0.5, 0.6) is 11.5 Å². The molecule has 1 aromatic rings. The van der Waals surface area contributed by atoms with E-state index in [0.717, 1.165) is 0 Å². The lowest BCUT2D eigenvalue weighted by Gasteiger charge is -2.32. The number of hydrogen-bond acceptors (Lipinski definition) is 6. The highest BCUT2D eigenvalue weighted by molar-refractivity contribution is 7.89. The van der Waals surface area contributed by atoms with Gasteiger partial charge in [-0.05, 0) is 18.1 Å².